The van der Waals surface area contributed by atoms with Crippen molar-refractivity contribution < 1.29 is 9.90 Å². The predicted molar refractivity (Wildman–Crippen MR) is 109 cm³/mol. The Hall–Kier alpha value is -2.17. The van der Waals surface area contributed by atoms with Gasteiger partial charge in [0.05, 0.1) is 12.5 Å². The van der Waals surface area contributed by atoms with Crippen molar-refractivity contribution >= 4 is 5.91 Å². The molecule has 1 aliphatic rings. The number of aliphatic hydroxyl groups is 1. The topological polar surface area (TPSA) is 43.8 Å². The number of likely N-dealkylation sites (tertiary alicyclic amines) is 1. The number of carbonyl (C=O) groups excluding carboxylic acids is 1. The van der Waals surface area contributed by atoms with Gasteiger partial charge in [-0.25, -0.2) is 0 Å². The zero-order chi connectivity index (χ0) is 19.3. The molecule has 2 aromatic rings. The molecule has 27 heavy (non-hydrogen) atoms. The minimum absolute atomic E-state index is 0.102. The van der Waals surface area contributed by atoms with Crippen LogP contribution in [0.4, 0.5) is 0 Å². The van der Waals surface area contributed by atoms with Crippen LogP contribution in [-0.4, -0.2) is 61.2 Å². The molecule has 1 N–H and O–H groups in total. The fourth-order valence-corrected chi connectivity index (χ4v) is 4.19. The average molecular weight is 367 g/mol. The van der Waals surface area contributed by atoms with Crippen molar-refractivity contribution in [1.29, 1.82) is 0 Å². The summed E-state index contributed by atoms with van der Waals surface area (Å²) in [5, 5.41) is 9.95. The summed E-state index contributed by atoms with van der Waals surface area (Å²) in [5.74, 6) is -0.119. The first-order valence-corrected chi connectivity index (χ1v) is 9.69. The highest BCUT2D eigenvalue weighted by atomic mass is 16.3. The van der Waals surface area contributed by atoms with E-state index >= 15 is 0 Å². The van der Waals surface area contributed by atoms with E-state index in [0.29, 0.717) is 13.1 Å². The van der Waals surface area contributed by atoms with Crippen LogP contribution >= 0.6 is 0 Å². The Morgan fingerprint density at radius 1 is 1.00 bits per heavy atom. The van der Waals surface area contributed by atoms with Crippen LogP contribution in [0.15, 0.2) is 60.7 Å². The van der Waals surface area contributed by atoms with Crippen LogP contribution in [0.1, 0.15) is 29.9 Å². The predicted octanol–water partition coefficient (Wildman–Crippen LogP) is 2.98. The van der Waals surface area contributed by atoms with Gasteiger partial charge in [0.1, 0.15) is 0 Å². The molecular weight excluding hydrogens is 336 g/mol. The van der Waals surface area contributed by atoms with Gasteiger partial charge in [-0.3, -0.25) is 4.79 Å². The molecule has 3 rings (SSSR count). The number of hydrogen-bond donors (Lipinski definition) is 1. The smallest absolute Gasteiger partial charge is 0.234 e. The van der Waals surface area contributed by atoms with Gasteiger partial charge in [0.2, 0.25) is 5.91 Å². The molecule has 144 valence electrons. The molecule has 0 atom stereocenters. The van der Waals surface area contributed by atoms with Crippen LogP contribution in [0.2, 0.25) is 0 Å². The number of rotatable bonds is 6. The fraction of sp³-hybridized carbons (Fsp3) is 0.435. The third-order valence-corrected chi connectivity index (χ3v) is 5.64. The van der Waals surface area contributed by atoms with Crippen molar-refractivity contribution in [1.82, 2.24) is 9.80 Å². The van der Waals surface area contributed by atoms with Gasteiger partial charge >= 0.3 is 0 Å². The summed E-state index contributed by atoms with van der Waals surface area (Å²) < 4.78 is 0. The van der Waals surface area contributed by atoms with Gasteiger partial charge in [-0.1, -0.05) is 60.7 Å². The van der Waals surface area contributed by atoms with E-state index < -0.39 is 0 Å². The first-order chi connectivity index (χ1) is 13.0. The van der Waals surface area contributed by atoms with Crippen LogP contribution in [0.25, 0.3) is 0 Å². The summed E-state index contributed by atoms with van der Waals surface area (Å²) in [6, 6.07) is 20.0. The molecule has 4 heteroatoms. The van der Waals surface area contributed by atoms with Crippen molar-refractivity contribution in [3.63, 3.8) is 0 Å². The zero-order valence-corrected chi connectivity index (χ0v) is 16.3. The maximum atomic E-state index is 13.5. The molecule has 0 bridgehead atoms. The second-order valence-electron chi connectivity index (χ2n) is 7.98. The lowest BCUT2D eigenvalue weighted by molar-refractivity contribution is -0.135. The average Bonchev–Trinajstić information content (AvgIpc) is 2.70. The number of aliphatic hydroxyl groups excluding tert-OH is 1. The van der Waals surface area contributed by atoms with E-state index in [1.54, 1.807) is 0 Å². The Labute approximate surface area is 162 Å². The number of piperidine rings is 1. The molecule has 0 radical (unpaired) electrons. The van der Waals surface area contributed by atoms with Crippen LogP contribution < -0.4 is 0 Å². The normalized spacial score (nSPS) is 16.7. The first kappa shape index (κ1) is 19.6. The van der Waals surface area contributed by atoms with E-state index in [4.69, 9.17) is 0 Å². The lowest BCUT2D eigenvalue weighted by Crippen LogP contribution is -2.49. The standard InChI is InChI=1S/C23H30N2O2/c1-24(2)17-23(18-26)13-15-25(16-14-23)22(27)21(19-9-5-3-6-10-19)20-11-7-4-8-12-20/h3-12,21,26H,13-18H2,1-2H3. The summed E-state index contributed by atoms with van der Waals surface area (Å²) in [7, 11) is 4.07. The van der Waals surface area contributed by atoms with E-state index in [1.165, 1.54) is 0 Å². The van der Waals surface area contributed by atoms with Crippen molar-refractivity contribution in [2.45, 2.75) is 18.8 Å². The van der Waals surface area contributed by atoms with E-state index in [0.717, 1.165) is 30.5 Å². The number of benzene rings is 2. The van der Waals surface area contributed by atoms with Gasteiger partial charge in [0.15, 0.2) is 0 Å². The molecule has 1 amide bonds. The first-order valence-electron chi connectivity index (χ1n) is 9.69. The summed E-state index contributed by atoms with van der Waals surface area (Å²) in [5.41, 5.74) is 1.96. The molecule has 0 spiro atoms. The molecule has 1 saturated heterocycles. The van der Waals surface area contributed by atoms with E-state index in [-0.39, 0.29) is 23.8 Å². The fourth-order valence-electron chi connectivity index (χ4n) is 4.19. The molecule has 0 aromatic heterocycles. The highest BCUT2D eigenvalue weighted by Gasteiger charge is 2.37. The molecule has 1 heterocycles. The summed E-state index contributed by atoms with van der Waals surface area (Å²) >= 11 is 0. The lowest BCUT2D eigenvalue weighted by Gasteiger charge is -2.43. The van der Waals surface area contributed by atoms with Gasteiger partial charge in [0.25, 0.3) is 0 Å². The Kier molecular flexibility index (Phi) is 6.30. The number of nitrogens with zero attached hydrogens (tertiary/aromatic N) is 2. The minimum atomic E-state index is -0.275. The van der Waals surface area contributed by atoms with E-state index in [2.05, 4.69) is 4.90 Å². The maximum absolute atomic E-state index is 13.5. The summed E-state index contributed by atoms with van der Waals surface area (Å²) in [4.78, 5) is 17.6. The molecule has 0 saturated carbocycles. The highest BCUT2D eigenvalue weighted by molar-refractivity contribution is 5.87. The van der Waals surface area contributed by atoms with Gasteiger partial charge in [-0.05, 0) is 38.1 Å². The van der Waals surface area contributed by atoms with E-state index in [9.17, 15) is 9.90 Å². The van der Waals surface area contributed by atoms with Crippen molar-refractivity contribution in [2.24, 2.45) is 5.41 Å². The van der Waals surface area contributed by atoms with Gasteiger partial charge in [-0.2, -0.15) is 0 Å². The molecular formula is C23H30N2O2. The Balaban J connectivity index is 1.80. The zero-order valence-electron chi connectivity index (χ0n) is 16.3. The van der Waals surface area contributed by atoms with Crippen LogP contribution in [-0.2, 0) is 4.79 Å². The third-order valence-electron chi connectivity index (χ3n) is 5.64. The second-order valence-corrected chi connectivity index (χ2v) is 7.98. The van der Waals surface area contributed by atoms with Crippen LogP contribution in [0.5, 0.6) is 0 Å². The molecule has 4 nitrogen and oxygen atoms in total. The molecule has 0 unspecified atom stereocenters. The van der Waals surface area contributed by atoms with Gasteiger partial charge < -0.3 is 14.9 Å². The minimum Gasteiger partial charge on any atom is -0.396 e. The number of carbonyl (C=O) groups is 1. The third kappa shape index (κ3) is 4.57. The maximum Gasteiger partial charge on any atom is 0.234 e. The quantitative estimate of drug-likeness (QED) is 0.855. The Morgan fingerprint density at radius 3 is 1.89 bits per heavy atom. The molecule has 1 fully saturated rings. The second kappa shape index (κ2) is 8.68. The van der Waals surface area contributed by atoms with Crippen LogP contribution in [0.3, 0.4) is 0 Å². The van der Waals surface area contributed by atoms with Gasteiger partial charge in [0, 0.05) is 25.0 Å². The Morgan fingerprint density at radius 2 is 1.48 bits per heavy atom. The summed E-state index contributed by atoms with van der Waals surface area (Å²) in [6.07, 6.45) is 1.67. The Bertz CT molecular complexity index is 683. The number of hydrogen-bond acceptors (Lipinski definition) is 3. The molecule has 2 aromatic carbocycles. The molecule has 0 aliphatic carbocycles. The van der Waals surface area contributed by atoms with E-state index in [1.807, 2.05) is 79.7 Å². The van der Waals surface area contributed by atoms with Crippen LogP contribution in [0, 0.1) is 5.41 Å². The highest BCUT2D eigenvalue weighted by Crippen LogP contribution is 2.34. The SMILES string of the molecule is CN(C)CC1(CO)CCN(C(=O)C(c2ccccc2)c2ccccc2)CC1. The van der Waals surface area contributed by atoms with Gasteiger partial charge in [-0.15, -0.1) is 0 Å². The lowest BCUT2D eigenvalue weighted by atomic mass is 9.78. The summed E-state index contributed by atoms with van der Waals surface area (Å²) in [6.45, 7) is 2.42. The monoisotopic (exact) mass is 366 g/mol. The number of amides is 1. The van der Waals surface area contributed by atoms with Crippen molar-refractivity contribution in [2.75, 3.05) is 40.3 Å². The van der Waals surface area contributed by atoms with Crippen molar-refractivity contribution in [3.8, 4) is 0 Å². The van der Waals surface area contributed by atoms with Crippen molar-refractivity contribution in [3.05, 3.63) is 71.8 Å². The molecule has 1 aliphatic heterocycles. The largest absolute Gasteiger partial charge is 0.396 e.